The van der Waals surface area contributed by atoms with Crippen molar-refractivity contribution in [2.75, 3.05) is 38.2 Å². The molecule has 4 aromatic rings. The number of hydrogen-bond acceptors (Lipinski definition) is 7. The maximum Gasteiger partial charge on any atom is 0.253 e. The van der Waals surface area contributed by atoms with Crippen LogP contribution in [0.4, 0.5) is 5.69 Å². The van der Waals surface area contributed by atoms with Gasteiger partial charge in [0, 0.05) is 48.3 Å². The van der Waals surface area contributed by atoms with Gasteiger partial charge in [-0.05, 0) is 84.6 Å². The van der Waals surface area contributed by atoms with Crippen LogP contribution in [-0.2, 0) is 0 Å². The van der Waals surface area contributed by atoms with E-state index < -0.39 is 0 Å². The lowest BCUT2D eigenvalue weighted by molar-refractivity contribution is 0.197. The van der Waals surface area contributed by atoms with Crippen LogP contribution in [0.5, 0.6) is 5.75 Å². The second-order valence-electron chi connectivity index (χ2n) is 10.6. The Kier molecular flexibility index (Phi) is 6.61. The van der Waals surface area contributed by atoms with Crippen molar-refractivity contribution < 1.29 is 4.74 Å². The molecule has 9 heteroatoms. The van der Waals surface area contributed by atoms with Crippen LogP contribution in [0.2, 0.25) is 0 Å². The van der Waals surface area contributed by atoms with Crippen molar-refractivity contribution in [1.82, 2.24) is 30.1 Å². The number of H-pyrrole nitrogens is 1. The summed E-state index contributed by atoms with van der Waals surface area (Å²) < 4.78 is 7.32. The lowest BCUT2D eigenvalue weighted by Crippen LogP contribution is -2.49. The van der Waals surface area contributed by atoms with E-state index in [9.17, 15) is 4.79 Å². The van der Waals surface area contributed by atoms with Gasteiger partial charge < -0.3 is 14.6 Å². The van der Waals surface area contributed by atoms with Crippen LogP contribution < -0.4 is 15.2 Å². The first-order chi connectivity index (χ1) is 18.5. The van der Waals surface area contributed by atoms with E-state index in [-0.39, 0.29) is 17.6 Å². The lowest BCUT2D eigenvalue weighted by Gasteiger charge is -2.39. The molecule has 0 spiro atoms. The van der Waals surface area contributed by atoms with Crippen LogP contribution >= 0.6 is 0 Å². The van der Waals surface area contributed by atoms with Crippen molar-refractivity contribution in [1.29, 1.82) is 0 Å². The van der Waals surface area contributed by atoms with Crippen molar-refractivity contribution in [3.63, 3.8) is 0 Å². The van der Waals surface area contributed by atoms with Crippen LogP contribution in [0.3, 0.4) is 0 Å². The Hall–Kier alpha value is -3.72. The third kappa shape index (κ3) is 4.55. The third-order valence-corrected chi connectivity index (χ3v) is 8.19. The van der Waals surface area contributed by atoms with Crippen molar-refractivity contribution in [2.45, 2.75) is 51.6 Å². The molecule has 1 atom stereocenters. The molecule has 6 rings (SSSR count). The van der Waals surface area contributed by atoms with Gasteiger partial charge in [-0.3, -0.25) is 9.69 Å². The highest BCUT2D eigenvalue weighted by atomic mass is 16.5. The van der Waals surface area contributed by atoms with E-state index >= 15 is 0 Å². The molecule has 1 aliphatic carbocycles. The van der Waals surface area contributed by atoms with E-state index in [1.165, 1.54) is 18.5 Å². The summed E-state index contributed by atoms with van der Waals surface area (Å²) in [4.78, 5) is 21.6. The number of piperazine rings is 1. The van der Waals surface area contributed by atoms with Crippen LogP contribution in [0.15, 0.2) is 47.3 Å². The summed E-state index contributed by atoms with van der Waals surface area (Å²) in [5.74, 6) is 1.62. The number of benzene rings is 2. The fraction of sp³-hybridized carbons (Fsp3) is 0.448. The van der Waals surface area contributed by atoms with Gasteiger partial charge in [-0.1, -0.05) is 18.9 Å². The van der Waals surface area contributed by atoms with E-state index in [0.717, 1.165) is 72.6 Å². The molecule has 0 bridgehead atoms. The van der Waals surface area contributed by atoms with Gasteiger partial charge >= 0.3 is 0 Å². The monoisotopic (exact) mass is 513 g/mol. The Morgan fingerprint density at radius 2 is 1.74 bits per heavy atom. The Bertz CT molecular complexity index is 1480. The number of aryl methyl sites for hydroxylation is 2. The third-order valence-electron chi connectivity index (χ3n) is 8.19. The average molecular weight is 514 g/mol. The highest BCUT2D eigenvalue weighted by molar-refractivity contribution is 5.83. The molecule has 2 aromatic carbocycles. The second-order valence-corrected chi connectivity index (χ2v) is 10.6. The van der Waals surface area contributed by atoms with Gasteiger partial charge in [0.25, 0.3) is 5.56 Å². The van der Waals surface area contributed by atoms with E-state index in [1.54, 1.807) is 7.11 Å². The molecule has 38 heavy (non-hydrogen) atoms. The standard InChI is InChI=1S/C29H35N7O2/c1-19-16-20(2)24-18-25(29(37)30-26(24)17-19)27(28-31-32-33-36(28)22-6-4-5-7-22)35-14-12-34(13-15-35)21-8-10-23(38-3)11-9-21/h8-11,16-18,22,27H,4-7,12-15H2,1-3H3,(H,30,37)/t27-/m1/s1. The Morgan fingerprint density at radius 1 is 1.00 bits per heavy atom. The van der Waals surface area contributed by atoms with Gasteiger partial charge in [0.1, 0.15) is 11.8 Å². The molecule has 198 valence electrons. The molecular weight excluding hydrogens is 478 g/mol. The molecule has 0 amide bonds. The molecule has 0 unspecified atom stereocenters. The summed E-state index contributed by atoms with van der Waals surface area (Å²) in [7, 11) is 1.68. The molecule has 1 saturated heterocycles. The zero-order valence-corrected chi connectivity index (χ0v) is 22.4. The first kappa shape index (κ1) is 24.6. The average Bonchev–Trinajstić information content (AvgIpc) is 3.62. The Morgan fingerprint density at radius 3 is 2.45 bits per heavy atom. The normalized spacial score (nSPS) is 17.8. The van der Waals surface area contributed by atoms with Gasteiger partial charge in [0.2, 0.25) is 0 Å². The van der Waals surface area contributed by atoms with Crippen molar-refractivity contribution in [3.05, 3.63) is 75.3 Å². The minimum Gasteiger partial charge on any atom is -0.497 e. The largest absolute Gasteiger partial charge is 0.497 e. The van der Waals surface area contributed by atoms with Gasteiger partial charge in [0.15, 0.2) is 5.82 Å². The number of ether oxygens (including phenoxy) is 1. The number of fused-ring (bicyclic) bond motifs is 1. The number of hydrogen-bond donors (Lipinski definition) is 1. The number of pyridine rings is 1. The van der Waals surface area contributed by atoms with Gasteiger partial charge in [-0.25, -0.2) is 4.68 Å². The number of tetrazole rings is 1. The van der Waals surface area contributed by atoms with Gasteiger partial charge in [0.05, 0.1) is 13.2 Å². The quantitative estimate of drug-likeness (QED) is 0.414. The maximum absolute atomic E-state index is 13.6. The van der Waals surface area contributed by atoms with Crippen LogP contribution in [0.25, 0.3) is 10.9 Å². The van der Waals surface area contributed by atoms with E-state index in [1.807, 2.05) is 22.9 Å². The number of methoxy groups -OCH3 is 1. The van der Waals surface area contributed by atoms with Crippen LogP contribution in [0.1, 0.15) is 60.3 Å². The minimum absolute atomic E-state index is 0.0777. The molecule has 9 nitrogen and oxygen atoms in total. The number of anilines is 1. The summed E-state index contributed by atoms with van der Waals surface area (Å²) in [6, 6.07) is 14.4. The molecule has 1 N–H and O–H groups in total. The summed E-state index contributed by atoms with van der Waals surface area (Å²) >= 11 is 0. The van der Waals surface area contributed by atoms with E-state index in [0.29, 0.717) is 5.56 Å². The predicted octanol–water partition coefficient (Wildman–Crippen LogP) is 4.17. The molecule has 3 heterocycles. The maximum atomic E-state index is 13.6. The summed E-state index contributed by atoms with van der Waals surface area (Å²) in [6.45, 7) is 7.42. The molecule has 0 radical (unpaired) electrons. The Balaban J connectivity index is 1.38. The summed E-state index contributed by atoms with van der Waals surface area (Å²) in [5, 5.41) is 14.2. The number of nitrogens with zero attached hydrogens (tertiary/aromatic N) is 6. The van der Waals surface area contributed by atoms with Crippen LogP contribution in [0, 0.1) is 13.8 Å². The number of rotatable bonds is 6. The minimum atomic E-state index is -0.322. The molecule has 2 aromatic heterocycles. The number of aromatic amines is 1. The zero-order valence-electron chi connectivity index (χ0n) is 22.4. The van der Waals surface area contributed by atoms with Crippen molar-refractivity contribution in [2.24, 2.45) is 0 Å². The first-order valence-electron chi connectivity index (χ1n) is 13.6. The fourth-order valence-electron chi connectivity index (χ4n) is 6.21. The van der Waals surface area contributed by atoms with E-state index in [4.69, 9.17) is 4.74 Å². The smallest absolute Gasteiger partial charge is 0.253 e. The van der Waals surface area contributed by atoms with Gasteiger partial charge in [-0.2, -0.15) is 0 Å². The predicted molar refractivity (Wildman–Crippen MR) is 148 cm³/mol. The fourth-order valence-corrected chi connectivity index (χ4v) is 6.21. The molecule has 1 saturated carbocycles. The van der Waals surface area contributed by atoms with Crippen molar-refractivity contribution >= 4 is 16.6 Å². The lowest BCUT2D eigenvalue weighted by atomic mass is 9.99. The molecular formula is C29H35N7O2. The molecule has 1 aliphatic heterocycles. The summed E-state index contributed by atoms with van der Waals surface area (Å²) in [6.07, 6.45) is 4.51. The second kappa shape index (κ2) is 10.2. The highest BCUT2D eigenvalue weighted by Gasteiger charge is 2.35. The first-order valence-corrected chi connectivity index (χ1v) is 13.6. The molecule has 2 fully saturated rings. The van der Waals surface area contributed by atoms with Gasteiger partial charge in [-0.15, -0.1) is 5.10 Å². The summed E-state index contributed by atoms with van der Waals surface area (Å²) in [5.41, 5.74) is 4.95. The topological polar surface area (TPSA) is 92.2 Å². The number of nitrogens with one attached hydrogen (secondary N) is 1. The number of aromatic nitrogens is 5. The van der Waals surface area contributed by atoms with Crippen molar-refractivity contribution in [3.8, 4) is 5.75 Å². The Labute approximate surface area is 222 Å². The zero-order chi connectivity index (χ0) is 26.2. The molecule has 2 aliphatic rings. The highest BCUT2D eigenvalue weighted by Crippen LogP contribution is 2.35. The van der Waals surface area contributed by atoms with E-state index in [2.05, 4.69) is 68.4 Å². The SMILES string of the molecule is COc1ccc(N2CCN([C@H](c3cc4c(C)cc(C)cc4[nH]c3=O)c3nnnn3C3CCCC3)CC2)cc1. The van der Waals surface area contributed by atoms with Crippen LogP contribution in [-0.4, -0.2) is 63.4 Å².